The molecule has 0 unspecified atom stereocenters. The van der Waals surface area contributed by atoms with E-state index < -0.39 is 0 Å². The Bertz CT molecular complexity index is 718. The van der Waals surface area contributed by atoms with Gasteiger partial charge in [-0.1, -0.05) is 19.1 Å². The summed E-state index contributed by atoms with van der Waals surface area (Å²) in [4.78, 5) is 15.3. The third-order valence-electron chi connectivity index (χ3n) is 4.12. The summed E-state index contributed by atoms with van der Waals surface area (Å²) in [6, 6.07) is 5.23. The van der Waals surface area contributed by atoms with Crippen molar-refractivity contribution in [1.82, 2.24) is 0 Å². The molecule has 6 heteroatoms. The van der Waals surface area contributed by atoms with E-state index >= 15 is 0 Å². The molecule has 1 aliphatic rings. The number of nitrogens with zero attached hydrogens (tertiary/aromatic N) is 2. The van der Waals surface area contributed by atoms with Crippen molar-refractivity contribution >= 4 is 23.2 Å². The summed E-state index contributed by atoms with van der Waals surface area (Å²) in [6.45, 7) is 6.08. The first kappa shape index (κ1) is 17.7. The first-order chi connectivity index (χ1) is 11.3. The highest BCUT2D eigenvalue weighted by Crippen LogP contribution is 2.31. The van der Waals surface area contributed by atoms with Crippen molar-refractivity contribution < 1.29 is 4.92 Å². The maximum absolute atomic E-state index is 11.5. The van der Waals surface area contributed by atoms with Crippen molar-refractivity contribution in [3.63, 3.8) is 0 Å². The van der Waals surface area contributed by atoms with Gasteiger partial charge in [-0.2, -0.15) is 0 Å². The van der Waals surface area contributed by atoms with Gasteiger partial charge >= 0.3 is 0 Å². The minimum absolute atomic E-state index is 0.0638. The van der Waals surface area contributed by atoms with Crippen molar-refractivity contribution in [2.75, 3.05) is 5.32 Å². The van der Waals surface area contributed by atoms with E-state index in [-0.39, 0.29) is 16.1 Å². The molecule has 1 aromatic carbocycles. The lowest BCUT2D eigenvalue weighted by molar-refractivity contribution is -0.384. The van der Waals surface area contributed by atoms with Gasteiger partial charge < -0.3 is 11.1 Å². The van der Waals surface area contributed by atoms with Crippen molar-refractivity contribution in [2.24, 2.45) is 10.7 Å². The van der Waals surface area contributed by atoms with E-state index in [0.29, 0.717) is 11.5 Å². The number of hydrogen-bond donors (Lipinski definition) is 2. The maximum Gasteiger partial charge on any atom is 0.292 e. The molecule has 0 aliphatic carbocycles. The molecular formula is C18H24N4O2. The predicted molar refractivity (Wildman–Crippen MR) is 99.1 cm³/mol. The molecule has 0 radical (unpaired) electrons. The second-order valence-electron chi connectivity index (χ2n) is 6.48. The molecule has 0 aromatic heterocycles. The van der Waals surface area contributed by atoms with E-state index in [2.05, 4.69) is 10.3 Å². The molecule has 0 saturated carbocycles. The van der Waals surface area contributed by atoms with Crippen LogP contribution in [0.1, 0.15) is 45.6 Å². The largest absolute Gasteiger partial charge is 0.384 e. The van der Waals surface area contributed by atoms with Gasteiger partial charge in [-0.15, -0.1) is 0 Å². The smallest absolute Gasteiger partial charge is 0.292 e. The van der Waals surface area contributed by atoms with Crippen molar-refractivity contribution in [3.8, 4) is 0 Å². The lowest BCUT2D eigenvalue weighted by Crippen LogP contribution is -2.29. The van der Waals surface area contributed by atoms with Gasteiger partial charge in [0.25, 0.3) is 5.69 Å². The van der Waals surface area contributed by atoms with Crippen LogP contribution in [0.4, 0.5) is 11.4 Å². The molecule has 1 aliphatic heterocycles. The van der Waals surface area contributed by atoms with Crippen molar-refractivity contribution in [3.05, 3.63) is 51.8 Å². The Balaban J connectivity index is 2.40. The van der Waals surface area contributed by atoms with Crippen LogP contribution in [0.2, 0.25) is 0 Å². The molecule has 0 saturated heterocycles. The van der Waals surface area contributed by atoms with Gasteiger partial charge in [-0.3, -0.25) is 10.1 Å². The van der Waals surface area contributed by atoms with Crippen LogP contribution >= 0.6 is 0 Å². The van der Waals surface area contributed by atoms with Gasteiger partial charge in [-0.25, -0.2) is 4.99 Å². The lowest BCUT2D eigenvalue weighted by Gasteiger charge is -2.25. The molecule has 3 N–H and O–H groups in total. The fourth-order valence-electron chi connectivity index (χ4n) is 2.33. The summed E-state index contributed by atoms with van der Waals surface area (Å²) in [5.74, 6) is 0.470. The third kappa shape index (κ3) is 4.44. The molecular weight excluding hydrogens is 304 g/mol. The van der Waals surface area contributed by atoms with Gasteiger partial charge in [0.1, 0.15) is 11.5 Å². The average Bonchev–Trinajstić information content (AvgIpc) is 2.51. The first-order valence-electron chi connectivity index (χ1n) is 8.09. The van der Waals surface area contributed by atoms with E-state index in [1.807, 2.05) is 39.0 Å². The van der Waals surface area contributed by atoms with Crippen LogP contribution in [0.25, 0.3) is 5.57 Å². The van der Waals surface area contributed by atoms with Crippen LogP contribution in [0.15, 0.2) is 41.2 Å². The zero-order valence-corrected chi connectivity index (χ0v) is 14.4. The number of nitrogens with two attached hydrogens (primary N) is 1. The van der Waals surface area contributed by atoms with Crippen molar-refractivity contribution in [2.45, 2.75) is 45.6 Å². The van der Waals surface area contributed by atoms with E-state index in [4.69, 9.17) is 5.73 Å². The minimum Gasteiger partial charge on any atom is -0.384 e. The van der Waals surface area contributed by atoms with E-state index in [0.717, 1.165) is 30.4 Å². The Labute approximate surface area is 142 Å². The van der Waals surface area contributed by atoms with Gasteiger partial charge in [0.15, 0.2) is 0 Å². The molecule has 0 amide bonds. The molecule has 1 aromatic rings. The Morgan fingerprint density at radius 3 is 2.71 bits per heavy atom. The summed E-state index contributed by atoms with van der Waals surface area (Å²) >= 11 is 0. The standard InChI is InChI=1S/C18H24N4O2/c1-4-18(2,3)21-15-10-9-13(11-16(15)22(23)24)14-7-5-6-8-17(19)20-12-14/h7-12,21H,4-6,19H2,1-3H3. The maximum atomic E-state index is 11.5. The average molecular weight is 328 g/mol. The van der Waals surface area contributed by atoms with Gasteiger partial charge in [-0.05, 0) is 56.4 Å². The highest BCUT2D eigenvalue weighted by Gasteiger charge is 2.21. The van der Waals surface area contributed by atoms with Gasteiger partial charge in [0.05, 0.1) is 4.92 Å². The zero-order chi connectivity index (χ0) is 17.7. The molecule has 0 bridgehead atoms. The summed E-state index contributed by atoms with van der Waals surface area (Å²) in [6.07, 6.45) is 8.03. The number of aliphatic imine (C=N–C) groups is 1. The Kier molecular flexibility index (Phi) is 5.39. The highest BCUT2D eigenvalue weighted by atomic mass is 16.6. The molecule has 1 heterocycles. The molecule has 6 nitrogen and oxygen atoms in total. The Hall–Kier alpha value is -2.63. The highest BCUT2D eigenvalue weighted by molar-refractivity contribution is 6.10. The number of allylic oxidation sites excluding steroid dienone is 3. The molecule has 0 fully saturated rings. The number of benzene rings is 1. The van der Waals surface area contributed by atoms with Crippen molar-refractivity contribution in [1.29, 1.82) is 0 Å². The number of anilines is 1. The van der Waals surface area contributed by atoms with Gasteiger partial charge in [0.2, 0.25) is 0 Å². The second-order valence-corrected chi connectivity index (χ2v) is 6.48. The number of nitro groups is 1. The molecule has 128 valence electrons. The van der Waals surface area contributed by atoms with E-state index in [9.17, 15) is 10.1 Å². The first-order valence-corrected chi connectivity index (χ1v) is 8.09. The minimum atomic E-state index is -0.355. The summed E-state index contributed by atoms with van der Waals surface area (Å²) < 4.78 is 0. The fraction of sp³-hybridized carbons (Fsp3) is 0.389. The predicted octanol–water partition coefficient (Wildman–Crippen LogP) is 4.24. The van der Waals surface area contributed by atoms with Crippen LogP contribution in [-0.2, 0) is 0 Å². The number of hydrogen-bond acceptors (Lipinski definition) is 5. The topological polar surface area (TPSA) is 93.5 Å². The van der Waals surface area contributed by atoms with Crippen LogP contribution < -0.4 is 11.1 Å². The van der Waals surface area contributed by atoms with E-state index in [1.165, 1.54) is 0 Å². The fourth-order valence-corrected chi connectivity index (χ4v) is 2.33. The molecule has 24 heavy (non-hydrogen) atoms. The Morgan fingerprint density at radius 2 is 2.04 bits per heavy atom. The normalized spacial score (nSPS) is 15.1. The number of rotatable bonds is 5. The Morgan fingerprint density at radius 1 is 1.33 bits per heavy atom. The summed E-state index contributed by atoms with van der Waals surface area (Å²) in [5.41, 5.74) is 7.73. The third-order valence-corrected chi connectivity index (χ3v) is 4.12. The van der Waals surface area contributed by atoms with Gasteiger partial charge in [0, 0.05) is 17.8 Å². The second kappa shape index (κ2) is 7.29. The van der Waals surface area contributed by atoms with E-state index in [1.54, 1.807) is 18.3 Å². The monoisotopic (exact) mass is 328 g/mol. The molecule has 0 atom stereocenters. The summed E-state index contributed by atoms with van der Waals surface area (Å²) in [7, 11) is 0. The molecule has 2 rings (SSSR count). The SMILES string of the molecule is CCC(C)(C)Nc1ccc(C2=CCCC=C(N)N=C2)cc1[N+](=O)[O-]. The number of nitro benzene ring substituents is 1. The number of nitrogens with one attached hydrogen (secondary N) is 1. The van der Waals surface area contributed by atoms with Crippen LogP contribution in [0.5, 0.6) is 0 Å². The lowest BCUT2D eigenvalue weighted by atomic mass is 9.99. The van der Waals surface area contributed by atoms with Crippen LogP contribution in [0, 0.1) is 10.1 Å². The van der Waals surface area contributed by atoms with Crippen LogP contribution in [0.3, 0.4) is 0 Å². The summed E-state index contributed by atoms with van der Waals surface area (Å²) in [5, 5.41) is 14.7. The molecule has 0 spiro atoms. The van der Waals surface area contributed by atoms with Crippen LogP contribution in [-0.4, -0.2) is 16.7 Å². The zero-order valence-electron chi connectivity index (χ0n) is 14.4. The quantitative estimate of drug-likeness (QED) is 0.624.